The fourth-order valence-electron chi connectivity index (χ4n) is 3.08. The zero-order valence-electron chi connectivity index (χ0n) is 12.8. The van der Waals surface area contributed by atoms with Gasteiger partial charge in [0.1, 0.15) is 0 Å². The summed E-state index contributed by atoms with van der Waals surface area (Å²) in [5, 5.41) is 0.703. The van der Waals surface area contributed by atoms with Crippen LogP contribution in [-0.2, 0) is 10.2 Å². The summed E-state index contributed by atoms with van der Waals surface area (Å²) in [5.74, 6) is -0.622. The van der Waals surface area contributed by atoms with E-state index in [1.807, 2.05) is 18.2 Å². The molecule has 124 valence electrons. The lowest BCUT2D eigenvalue weighted by Gasteiger charge is -2.16. The first-order valence-corrected chi connectivity index (χ1v) is 9.44. The second-order valence-electron chi connectivity index (χ2n) is 5.99. The van der Waals surface area contributed by atoms with Crippen molar-refractivity contribution in [2.45, 2.75) is 44.6 Å². The number of aromatic nitrogens is 1. The molecule has 0 atom stereocenters. The Morgan fingerprint density at radius 1 is 1.09 bits per heavy atom. The van der Waals surface area contributed by atoms with Crippen molar-refractivity contribution in [1.82, 2.24) is 14.4 Å². The highest BCUT2D eigenvalue weighted by Crippen LogP contribution is 2.19. The zero-order valence-corrected chi connectivity index (χ0v) is 13.7. The summed E-state index contributed by atoms with van der Waals surface area (Å²) in [6.45, 7) is 0. The number of hydrogen-bond acceptors (Lipinski definition) is 3. The quantitative estimate of drug-likeness (QED) is 0.750. The Bertz CT molecular complexity index is 790. The van der Waals surface area contributed by atoms with Gasteiger partial charge in [0.05, 0.1) is 5.56 Å². The van der Waals surface area contributed by atoms with Crippen LogP contribution in [0.3, 0.4) is 0 Å². The lowest BCUT2D eigenvalue weighted by molar-refractivity contribution is 0.0982. The Kier molecular flexibility index (Phi) is 4.68. The van der Waals surface area contributed by atoms with Gasteiger partial charge in [-0.2, -0.15) is 13.1 Å². The van der Waals surface area contributed by atoms with Crippen molar-refractivity contribution in [2.75, 3.05) is 0 Å². The molecular formula is C16H21N3O3S. The minimum Gasteiger partial charge on any atom is -0.360 e. The van der Waals surface area contributed by atoms with Crippen molar-refractivity contribution in [3.63, 3.8) is 0 Å². The molecule has 0 saturated heterocycles. The average Bonchev–Trinajstić information content (AvgIpc) is 2.78. The Hall–Kier alpha value is -1.86. The van der Waals surface area contributed by atoms with E-state index in [0.29, 0.717) is 10.9 Å². The van der Waals surface area contributed by atoms with Crippen molar-refractivity contribution in [2.24, 2.45) is 0 Å². The first-order valence-electron chi connectivity index (χ1n) is 7.96. The molecule has 0 radical (unpaired) electrons. The fourth-order valence-corrected chi connectivity index (χ4v) is 4.17. The van der Waals surface area contributed by atoms with E-state index in [0.717, 1.165) is 44.0 Å². The maximum absolute atomic E-state index is 12.3. The van der Waals surface area contributed by atoms with Crippen LogP contribution in [0.4, 0.5) is 0 Å². The molecule has 2 aromatic rings. The van der Waals surface area contributed by atoms with Gasteiger partial charge in [-0.1, -0.05) is 43.9 Å². The molecule has 23 heavy (non-hydrogen) atoms. The lowest BCUT2D eigenvalue weighted by atomic mass is 10.1. The smallest absolute Gasteiger partial charge is 0.301 e. The number of amides is 1. The molecule has 6 nitrogen and oxygen atoms in total. The minimum atomic E-state index is -3.85. The molecule has 0 spiro atoms. The third-order valence-corrected chi connectivity index (χ3v) is 5.34. The van der Waals surface area contributed by atoms with Gasteiger partial charge in [-0.05, 0) is 18.9 Å². The summed E-state index contributed by atoms with van der Waals surface area (Å²) in [6.07, 6.45) is 7.48. The van der Waals surface area contributed by atoms with Crippen LogP contribution in [0.1, 0.15) is 48.9 Å². The van der Waals surface area contributed by atoms with Gasteiger partial charge < -0.3 is 4.98 Å². The number of benzene rings is 1. The monoisotopic (exact) mass is 335 g/mol. The van der Waals surface area contributed by atoms with Crippen LogP contribution in [0.25, 0.3) is 10.9 Å². The minimum absolute atomic E-state index is 0.0919. The summed E-state index contributed by atoms with van der Waals surface area (Å²) in [7, 11) is -3.85. The maximum atomic E-state index is 12.3. The molecule has 1 aliphatic carbocycles. The van der Waals surface area contributed by atoms with Gasteiger partial charge in [0, 0.05) is 23.1 Å². The molecule has 0 unspecified atom stereocenters. The molecule has 7 heteroatoms. The largest absolute Gasteiger partial charge is 0.360 e. The van der Waals surface area contributed by atoms with Crippen molar-refractivity contribution in [3.8, 4) is 0 Å². The van der Waals surface area contributed by atoms with Gasteiger partial charge in [0.15, 0.2) is 0 Å². The van der Waals surface area contributed by atoms with Crippen molar-refractivity contribution in [1.29, 1.82) is 0 Å². The number of carbonyl (C=O) groups excluding carboxylic acids is 1. The predicted molar refractivity (Wildman–Crippen MR) is 89.3 cm³/mol. The van der Waals surface area contributed by atoms with Crippen LogP contribution >= 0.6 is 0 Å². The highest BCUT2D eigenvalue weighted by Gasteiger charge is 2.22. The van der Waals surface area contributed by atoms with Gasteiger partial charge in [0.2, 0.25) is 0 Å². The summed E-state index contributed by atoms with van der Waals surface area (Å²) in [4.78, 5) is 15.3. The third kappa shape index (κ3) is 3.92. The second kappa shape index (κ2) is 6.72. The van der Waals surface area contributed by atoms with E-state index in [1.54, 1.807) is 6.07 Å². The van der Waals surface area contributed by atoms with Crippen LogP contribution in [0.15, 0.2) is 30.5 Å². The van der Waals surface area contributed by atoms with E-state index in [2.05, 4.69) is 14.4 Å². The molecule has 1 aliphatic rings. The highest BCUT2D eigenvalue weighted by atomic mass is 32.2. The van der Waals surface area contributed by atoms with Gasteiger partial charge in [0.25, 0.3) is 5.91 Å². The molecule has 3 N–H and O–H groups in total. The number of rotatable bonds is 4. The molecular weight excluding hydrogens is 314 g/mol. The number of fused-ring (bicyclic) bond motifs is 1. The molecule has 3 rings (SSSR count). The standard InChI is InChI=1S/C16H21N3O3S/c20-16(14-11-17-15-10-6-5-9-13(14)15)19-23(21,22)18-12-7-3-1-2-4-8-12/h5-6,9-12,17-18H,1-4,7-8H2,(H,19,20). The molecule has 1 fully saturated rings. The molecule has 1 saturated carbocycles. The van der Waals surface area contributed by atoms with Crippen molar-refractivity contribution >= 4 is 27.0 Å². The first-order chi connectivity index (χ1) is 11.1. The Morgan fingerprint density at radius 2 is 1.78 bits per heavy atom. The molecule has 1 aromatic carbocycles. The Morgan fingerprint density at radius 3 is 2.52 bits per heavy atom. The second-order valence-corrected chi connectivity index (χ2v) is 7.44. The van der Waals surface area contributed by atoms with E-state index in [4.69, 9.17) is 0 Å². The van der Waals surface area contributed by atoms with Crippen LogP contribution in [0, 0.1) is 0 Å². The number of aromatic amines is 1. The number of nitrogens with one attached hydrogen (secondary N) is 3. The van der Waals surface area contributed by atoms with E-state index < -0.39 is 16.1 Å². The Labute approximate surface area is 135 Å². The van der Waals surface area contributed by atoms with Gasteiger partial charge in [-0.25, -0.2) is 4.72 Å². The maximum Gasteiger partial charge on any atom is 0.301 e. The Balaban J connectivity index is 1.70. The topological polar surface area (TPSA) is 91.1 Å². The van der Waals surface area contributed by atoms with Crippen LogP contribution < -0.4 is 9.44 Å². The number of carbonyl (C=O) groups is 1. The van der Waals surface area contributed by atoms with E-state index in [-0.39, 0.29) is 6.04 Å². The molecule has 1 heterocycles. The molecule has 0 bridgehead atoms. The van der Waals surface area contributed by atoms with E-state index >= 15 is 0 Å². The number of hydrogen-bond donors (Lipinski definition) is 3. The summed E-state index contributed by atoms with van der Waals surface area (Å²) >= 11 is 0. The van der Waals surface area contributed by atoms with E-state index in [9.17, 15) is 13.2 Å². The lowest BCUT2D eigenvalue weighted by Crippen LogP contribution is -2.44. The molecule has 1 amide bonds. The summed E-state index contributed by atoms with van der Waals surface area (Å²) in [6, 6.07) is 7.19. The van der Waals surface area contributed by atoms with Crippen LogP contribution in [0.2, 0.25) is 0 Å². The normalized spacial score (nSPS) is 17.0. The first kappa shape index (κ1) is 16.0. The molecule has 1 aromatic heterocycles. The SMILES string of the molecule is O=C(NS(=O)(=O)NC1CCCCCC1)c1c[nH]c2ccccc12. The van der Waals surface area contributed by atoms with Crippen LogP contribution in [-0.4, -0.2) is 25.4 Å². The van der Waals surface area contributed by atoms with Crippen LogP contribution in [0.5, 0.6) is 0 Å². The predicted octanol–water partition coefficient (Wildman–Crippen LogP) is 2.45. The molecule has 0 aliphatic heterocycles. The third-order valence-electron chi connectivity index (χ3n) is 4.24. The number of para-hydroxylation sites is 1. The van der Waals surface area contributed by atoms with Crippen molar-refractivity contribution < 1.29 is 13.2 Å². The zero-order chi connectivity index (χ0) is 16.3. The van der Waals surface area contributed by atoms with Gasteiger partial charge in [-0.3, -0.25) is 4.79 Å². The van der Waals surface area contributed by atoms with Crippen molar-refractivity contribution in [3.05, 3.63) is 36.0 Å². The summed E-state index contributed by atoms with van der Waals surface area (Å²) in [5.41, 5.74) is 1.12. The summed E-state index contributed by atoms with van der Waals surface area (Å²) < 4.78 is 29.1. The highest BCUT2D eigenvalue weighted by molar-refractivity contribution is 7.88. The van der Waals surface area contributed by atoms with E-state index in [1.165, 1.54) is 6.20 Å². The average molecular weight is 335 g/mol. The number of H-pyrrole nitrogens is 1. The van der Waals surface area contributed by atoms with Gasteiger partial charge in [-0.15, -0.1) is 0 Å². The fraction of sp³-hybridized carbons (Fsp3) is 0.438. The van der Waals surface area contributed by atoms with Gasteiger partial charge >= 0.3 is 10.2 Å².